The first-order valence-corrected chi connectivity index (χ1v) is 15.8. The highest BCUT2D eigenvalue weighted by Gasteiger charge is 2.28. The van der Waals surface area contributed by atoms with Gasteiger partial charge in [0.15, 0.2) is 0 Å². The van der Waals surface area contributed by atoms with Crippen molar-refractivity contribution in [2.75, 3.05) is 9.80 Å². The van der Waals surface area contributed by atoms with Gasteiger partial charge in [-0.2, -0.15) is 0 Å². The summed E-state index contributed by atoms with van der Waals surface area (Å²) >= 11 is 0. The molecule has 0 unspecified atom stereocenters. The van der Waals surface area contributed by atoms with Crippen LogP contribution in [-0.2, 0) is 0 Å². The molecule has 9 rings (SSSR count). The second-order valence-electron chi connectivity index (χ2n) is 11.8. The second-order valence-corrected chi connectivity index (χ2v) is 11.8. The molecule has 0 saturated heterocycles. The van der Waals surface area contributed by atoms with Gasteiger partial charge in [-0.05, 0) is 76.0 Å². The number of hydrogen-bond acceptors (Lipinski definition) is 2. The fraction of sp³-hybridized carbons (Fsp3) is 0. The molecule has 0 amide bonds. The molecule has 216 valence electrons. The van der Waals surface area contributed by atoms with E-state index in [0.717, 1.165) is 28.3 Å². The van der Waals surface area contributed by atoms with E-state index in [2.05, 4.69) is 192 Å². The Bertz CT molecular complexity index is 2320. The number of anilines is 6. The molecule has 1 aliphatic rings. The predicted molar refractivity (Wildman–Crippen MR) is 195 cm³/mol. The second kappa shape index (κ2) is 10.8. The van der Waals surface area contributed by atoms with Gasteiger partial charge in [0.1, 0.15) is 0 Å². The smallest absolute Gasteiger partial charge is 0.0618 e. The molecule has 0 saturated carbocycles. The molecule has 0 fully saturated rings. The third-order valence-electron chi connectivity index (χ3n) is 9.09. The number of hydrogen-bond donors (Lipinski definition) is 0. The van der Waals surface area contributed by atoms with E-state index in [-0.39, 0.29) is 0 Å². The zero-order valence-electron chi connectivity index (χ0n) is 25.2. The van der Waals surface area contributed by atoms with Crippen LogP contribution in [0.3, 0.4) is 0 Å². The van der Waals surface area contributed by atoms with E-state index in [1.54, 1.807) is 0 Å². The van der Waals surface area contributed by atoms with Crippen molar-refractivity contribution in [1.29, 1.82) is 0 Å². The average molecular weight is 587 g/mol. The maximum atomic E-state index is 2.50. The highest BCUT2D eigenvalue weighted by molar-refractivity contribution is 6.19. The average Bonchev–Trinajstić information content (AvgIpc) is 3.13. The van der Waals surface area contributed by atoms with Gasteiger partial charge in [-0.25, -0.2) is 0 Å². The van der Waals surface area contributed by atoms with Gasteiger partial charge in [0.05, 0.1) is 11.4 Å². The van der Waals surface area contributed by atoms with Gasteiger partial charge in [0.25, 0.3) is 0 Å². The monoisotopic (exact) mass is 586 g/mol. The summed E-state index contributed by atoms with van der Waals surface area (Å²) in [6.45, 7) is 0. The molecular weight excluding hydrogens is 556 g/mol. The third kappa shape index (κ3) is 4.27. The van der Waals surface area contributed by atoms with Crippen LogP contribution in [-0.4, -0.2) is 0 Å². The van der Waals surface area contributed by atoms with Crippen molar-refractivity contribution in [3.05, 3.63) is 182 Å². The molecule has 0 bridgehead atoms. The first kappa shape index (κ1) is 26.3. The topological polar surface area (TPSA) is 6.48 Å². The lowest BCUT2D eigenvalue weighted by atomic mass is 9.88. The summed E-state index contributed by atoms with van der Waals surface area (Å²) < 4.78 is 0. The predicted octanol–water partition coefficient (Wildman–Crippen LogP) is 12.6. The van der Waals surface area contributed by atoms with Gasteiger partial charge < -0.3 is 9.80 Å². The van der Waals surface area contributed by atoms with Crippen molar-refractivity contribution in [1.82, 2.24) is 0 Å². The molecule has 0 radical (unpaired) electrons. The van der Waals surface area contributed by atoms with Crippen LogP contribution in [0.4, 0.5) is 34.1 Å². The number of benzene rings is 8. The van der Waals surface area contributed by atoms with Crippen molar-refractivity contribution in [2.24, 2.45) is 0 Å². The summed E-state index contributed by atoms with van der Waals surface area (Å²) in [5.74, 6) is 0. The molecule has 8 aromatic carbocycles. The summed E-state index contributed by atoms with van der Waals surface area (Å²) in [7, 11) is 0. The first-order valence-electron chi connectivity index (χ1n) is 15.8. The van der Waals surface area contributed by atoms with Crippen LogP contribution in [0.2, 0.25) is 0 Å². The van der Waals surface area contributed by atoms with Crippen molar-refractivity contribution >= 4 is 55.7 Å². The lowest BCUT2D eigenvalue weighted by molar-refractivity contribution is 1.26. The quantitative estimate of drug-likeness (QED) is 0.198. The Balaban J connectivity index is 1.38. The molecule has 2 nitrogen and oxygen atoms in total. The first-order chi connectivity index (χ1) is 22.8. The summed E-state index contributed by atoms with van der Waals surface area (Å²) in [4.78, 5) is 4.86. The number of nitrogens with zero attached hydrogens (tertiary/aromatic N) is 2. The van der Waals surface area contributed by atoms with E-state index < -0.39 is 0 Å². The van der Waals surface area contributed by atoms with Gasteiger partial charge >= 0.3 is 0 Å². The Morgan fingerprint density at radius 1 is 0.391 bits per heavy atom. The minimum atomic E-state index is 1.10. The molecule has 1 aliphatic heterocycles. The normalized spacial score (nSPS) is 11.9. The summed E-state index contributed by atoms with van der Waals surface area (Å²) in [6, 6.07) is 65.8. The van der Waals surface area contributed by atoms with Gasteiger partial charge in [-0.15, -0.1) is 0 Å². The van der Waals surface area contributed by atoms with E-state index in [1.807, 2.05) is 0 Å². The molecule has 1 heterocycles. The maximum Gasteiger partial charge on any atom is 0.0618 e. The van der Waals surface area contributed by atoms with Gasteiger partial charge in [0.2, 0.25) is 0 Å². The largest absolute Gasteiger partial charge is 0.310 e. The Kier molecular flexibility index (Phi) is 6.17. The van der Waals surface area contributed by atoms with Gasteiger partial charge in [-0.1, -0.05) is 133 Å². The number of para-hydroxylation sites is 2. The summed E-state index contributed by atoms with van der Waals surface area (Å²) in [6.07, 6.45) is 0. The van der Waals surface area contributed by atoms with Crippen LogP contribution in [0.25, 0.3) is 43.8 Å². The fourth-order valence-electron chi connectivity index (χ4n) is 7.09. The van der Waals surface area contributed by atoms with E-state index in [4.69, 9.17) is 0 Å². The molecule has 0 aliphatic carbocycles. The number of fused-ring (bicyclic) bond motifs is 4. The lowest BCUT2D eigenvalue weighted by Gasteiger charge is -2.36. The highest BCUT2D eigenvalue weighted by atomic mass is 15.2. The molecule has 0 spiro atoms. The Morgan fingerprint density at radius 2 is 1.02 bits per heavy atom. The van der Waals surface area contributed by atoms with Crippen LogP contribution in [0.1, 0.15) is 0 Å². The molecule has 0 atom stereocenters. The Hall–Kier alpha value is -6.12. The lowest BCUT2D eigenvalue weighted by Crippen LogP contribution is -2.17. The summed E-state index contributed by atoms with van der Waals surface area (Å²) in [5, 5.41) is 4.99. The molecule has 0 aromatic heterocycles. The highest BCUT2D eigenvalue weighted by Crippen LogP contribution is 2.54. The van der Waals surface area contributed by atoms with Crippen LogP contribution in [0, 0.1) is 0 Å². The SMILES string of the molecule is c1ccc(-c2cc(N(c3ccccc3)c3ccccc3)cc(N3c4c(ccc5ccccc45)-c4cccc5cccc3c45)c2)cc1. The molecule has 8 aromatic rings. The third-order valence-corrected chi connectivity index (χ3v) is 9.09. The van der Waals surface area contributed by atoms with Crippen LogP contribution >= 0.6 is 0 Å². The molecule has 2 heteroatoms. The maximum absolute atomic E-state index is 2.50. The molecular formula is C44H30N2. The molecule has 46 heavy (non-hydrogen) atoms. The van der Waals surface area contributed by atoms with Crippen LogP contribution in [0.15, 0.2) is 182 Å². The zero-order valence-corrected chi connectivity index (χ0v) is 25.2. The van der Waals surface area contributed by atoms with Crippen molar-refractivity contribution in [2.45, 2.75) is 0 Å². The fourth-order valence-corrected chi connectivity index (χ4v) is 7.09. The van der Waals surface area contributed by atoms with Gasteiger partial charge in [-0.3, -0.25) is 0 Å². The van der Waals surface area contributed by atoms with Gasteiger partial charge in [0, 0.05) is 39.1 Å². The van der Waals surface area contributed by atoms with Crippen LogP contribution < -0.4 is 9.80 Å². The zero-order chi connectivity index (χ0) is 30.5. The van der Waals surface area contributed by atoms with Crippen molar-refractivity contribution in [3.63, 3.8) is 0 Å². The van der Waals surface area contributed by atoms with E-state index in [1.165, 1.54) is 49.6 Å². The Morgan fingerprint density at radius 3 is 1.76 bits per heavy atom. The standard InChI is InChI=1S/C44H30N2/c1-4-14-31(15-5-1)34-28-37(45(35-19-6-2-7-20-35)36-21-8-3-9-22-36)30-38(29-34)46-42-25-13-18-33-17-12-24-40(43(33)42)41-27-26-32-16-10-11-23-39(32)44(41)46/h1-30H. The van der Waals surface area contributed by atoms with Crippen molar-refractivity contribution in [3.8, 4) is 22.3 Å². The van der Waals surface area contributed by atoms with Crippen LogP contribution in [0.5, 0.6) is 0 Å². The number of rotatable bonds is 5. The van der Waals surface area contributed by atoms with E-state index >= 15 is 0 Å². The van der Waals surface area contributed by atoms with E-state index in [9.17, 15) is 0 Å². The minimum Gasteiger partial charge on any atom is -0.310 e. The van der Waals surface area contributed by atoms with E-state index in [0.29, 0.717) is 0 Å². The molecule has 0 N–H and O–H groups in total. The minimum absolute atomic E-state index is 1.10. The summed E-state index contributed by atoms with van der Waals surface area (Å²) in [5.41, 5.74) is 11.7. The Labute approximate surface area is 269 Å². The van der Waals surface area contributed by atoms with Crippen molar-refractivity contribution < 1.29 is 0 Å².